The highest BCUT2D eigenvalue weighted by Gasteiger charge is 2.16. The molecule has 0 aromatic heterocycles. The Labute approximate surface area is 136 Å². The van der Waals surface area contributed by atoms with Gasteiger partial charge < -0.3 is 15.4 Å². The predicted octanol–water partition coefficient (Wildman–Crippen LogP) is 2.52. The zero-order chi connectivity index (χ0) is 16.9. The quantitative estimate of drug-likeness (QED) is 0.766. The van der Waals surface area contributed by atoms with E-state index in [9.17, 15) is 13.2 Å². The second-order valence-corrected chi connectivity index (χ2v) is 7.47. The lowest BCUT2D eigenvalue weighted by Crippen LogP contribution is -2.39. The number of rotatable bonds is 5. The summed E-state index contributed by atoms with van der Waals surface area (Å²) in [7, 11) is -1.96. The normalized spacial score (nSPS) is 15.7. The van der Waals surface area contributed by atoms with Crippen molar-refractivity contribution in [2.75, 3.05) is 23.4 Å². The van der Waals surface area contributed by atoms with Crippen LogP contribution in [0.5, 0.6) is 5.75 Å². The number of hydrogen-bond donors (Lipinski definition) is 3. The van der Waals surface area contributed by atoms with Gasteiger partial charge in [0.2, 0.25) is 10.0 Å². The molecular weight excluding hydrogens is 318 g/mol. The molecule has 0 spiro atoms. The maximum atomic E-state index is 12.0. The molecule has 1 fully saturated rings. The number of urea groups is 1. The number of anilines is 2. The van der Waals surface area contributed by atoms with E-state index in [2.05, 4.69) is 15.4 Å². The van der Waals surface area contributed by atoms with E-state index in [0.717, 1.165) is 31.9 Å². The summed E-state index contributed by atoms with van der Waals surface area (Å²) in [6.07, 6.45) is 6.60. The lowest BCUT2D eigenvalue weighted by molar-refractivity contribution is 0.244. The number of ether oxygens (including phenoxy) is 1. The number of benzene rings is 1. The van der Waals surface area contributed by atoms with Crippen LogP contribution in [-0.4, -0.2) is 33.9 Å². The lowest BCUT2D eigenvalue weighted by atomic mass is 9.96. The zero-order valence-electron chi connectivity index (χ0n) is 13.4. The summed E-state index contributed by atoms with van der Waals surface area (Å²) in [5.74, 6) is 0.339. The van der Waals surface area contributed by atoms with Gasteiger partial charge in [0.05, 0.1) is 19.1 Å². The summed E-state index contributed by atoms with van der Waals surface area (Å²) in [4.78, 5) is 12.0. The Bertz CT molecular complexity index is 655. The van der Waals surface area contributed by atoms with Crippen LogP contribution in [-0.2, 0) is 10.0 Å². The fourth-order valence-corrected chi connectivity index (χ4v) is 3.22. The van der Waals surface area contributed by atoms with Crippen molar-refractivity contribution in [1.29, 1.82) is 0 Å². The van der Waals surface area contributed by atoms with Crippen LogP contribution in [0.1, 0.15) is 32.1 Å². The molecule has 0 bridgehead atoms. The average Bonchev–Trinajstić information content (AvgIpc) is 2.48. The molecule has 2 amide bonds. The van der Waals surface area contributed by atoms with Crippen molar-refractivity contribution >= 4 is 27.4 Å². The van der Waals surface area contributed by atoms with Crippen LogP contribution in [0.25, 0.3) is 0 Å². The molecule has 1 saturated carbocycles. The molecule has 0 aliphatic heterocycles. The van der Waals surface area contributed by atoms with E-state index in [1.165, 1.54) is 13.5 Å². The first-order chi connectivity index (χ1) is 10.9. The van der Waals surface area contributed by atoms with Crippen LogP contribution < -0.4 is 20.1 Å². The molecule has 23 heavy (non-hydrogen) atoms. The Morgan fingerprint density at radius 3 is 2.52 bits per heavy atom. The van der Waals surface area contributed by atoms with E-state index < -0.39 is 10.0 Å². The number of sulfonamides is 1. The summed E-state index contributed by atoms with van der Waals surface area (Å²) in [5.41, 5.74) is 0.863. The average molecular weight is 341 g/mol. The van der Waals surface area contributed by atoms with E-state index >= 15 is 0 Å². The maximum absolute atomic E-state index is 12.0. The van der Waals surface area contributed by atoms with Crippen LogP contribution in [0.4, 0.5) is 16.2 Å². The number of amides is 2. The third kappa shape index (κ3) is 5.63. The van der Waals surface area contributed by atoms with Gasteiger partial charge in [-0.2, -0.15) is 0 Å². The number of nitrogens with one attached hydrogen (secondary N) is 3. The van der Waals surface area contributed by atoms with Crippen LogP contribution in [0, 0.1) is 0 Å². The van der Waals surface area contributed by atoms with Crippen molar-refractivity contribution in [3.63, 3.8) is 0 Å². The van der Waals surface area contributed by atoms with Gasteiger partial charge in [-0.15, -0.1) is 0 Å². The monoisotopic (exact) mass is 341 g/mol. The predicted molar refractivity (Wildman–Crippen MR) is 90.5 cm³/mol. The molecule has 0 atom stereocenters. The minimum absolute atomic E-state index is 0.219. The molecule has 0 saturated heterocycles. The first kappa shape index (κ1) is 17.4. The van der Waals surface area contributed by atoms with E-state index in [0.29, 0.717) is 17.1 Å². The molecule has 0 unspecified atom stereocenters. The van der Waals surface area contributed by atoms with Crippen LogP contribution in [0.3, 0.4) is 0 Å². The summed E-state index contributed by atoms with van der Waals surface area (Å²) in [6.45, 7) is 0. The summed E-state index contributed by atoms with van der Waals surface area (Å²) in [5, 5.41) is 5.70. The Morgan fingerprint density at radius 1 is 1.22 bits per heavy atom. The van der Waals surface area contributed by atoms with Crippen molar-refractivity contribution in [3.8, 4) is 5.75 Å². The molecule has 1 aromatic carbocycles. The Hall–Kier alpha value is -1.96. The highest BCUT2D eigenvalue weighted by Crippen LogP contribution is 2.28. The van der Waals surface area contributed by atoms with Gasteiger partial charge in [0.25, 0.3) is 0 Å². The van der Waals surface area contributed by atoms with Crippen molar-refractivity contribution < 1.29 is 17.9 Å². The van der Waals surface area contributed by atoms with Gasteiger partial charge in [-0.3, -0.25) is 4.72 Å². The fraction of sp³-hybridized carbons (Fsp3) is 0.533. The van der Waals surface area contributed by atoms with Gasteiger partial charge in [0.1, 0.15) is 5.75 Å². The SMILES string of the molecule is COc1cc(NC(=O)NC2CCCCC2)ccc1NS(C)(=O)=O. The third-order valence-electron chi connectivity index (χ3n) is 3.70. The summed E-state index contributed by atoms with van der Waals surface area (Å²) >= 11 is 0. The molecule has 0 radical (unpaired) electrons. The Balaban J connectivity index is 2.00. The number of hydrogen-bond acceptors (Lipinski definition) is 4. The molecular formula is C15H23N3O4S. The van der Waals surface area contributed by atoms with Gasteiger partial charge >= 0.3 is 6.03 Å². The van der Waals surface area contributed by atoms with Crippen LogP contribution in [0.2, 0.25) is 0 Å². The maximum Gasteiger partial charge on any atom is 0.319 e. The first-order valence-electron chi connectivity index (χ1n) is 7.61. The van der Waals surface area contributed by atoms with E-state index in [4.69, 9.17) is 4.74 Å². The second-order valence-electron chi connectivity index (χ2n) is 5.72. The molecule has 7 nitrogen and oxygen atoms in total. The molecule has 2 rings (SSSR count). The van der Waals surface area contributed by atoms with Crippen LogP contribution >= 0.6 is 0 Å². The smallest absolute Gasteiger partial charge is 0.319 e. The van der Waals surface area contributed by atoms with E-state index in [1.807, 2.05) is 0 Å². The van der Waals surface area contributed by atoms with Gasteiger partial charge in [0.15, 0.2) is 0 Å². The molecule has 1 aliphatic rings. The van der Waals surface area contributed by atoms with Gasteiger partial charge in [-0.1, -0.05) is 19.3 Å². The van der Waals surface area contributed by atoms with Gasteiger partial charge in [-0.25, -0.2) is 13.2 Å². The minimum atomic E-state index is -3.39. The van der Waals surface area contributed by atoms with Crippen molar-refractivity contribution in [2.45, 2.75) is 38.1 Å². The number of carbonyl (C=O) groups excluding carboxylic acids is 1. The van der Waals surface area contributed by atoms with Gasteiger partial charge in [-0.05, 0) is 25.0 Å². The first-order valence-corrected chi connectivity index (χ1v) is 9.50. The molecule has 128 valence electrons. The number of methoxy groups -OCH3 is 1. The van der Waals surface area contributed by atoms with Crippen molar-refractivity contribution in [3.05, 3.63) is 18.2 Å². The summed E-state index contributed by atoms with van der Waals surface area (Å²) < 4.78 is 30.1. The Kier molecular flexibility index (Phi) is 5.70. The lowest BCUT2D eigenvalue weighted by Gasteiger charge is -2.23. The summed E-state index contributed by atoms with van der Waals surface area (Å²) in [6, 6.07) is 4.71. The highest BCUT2D eigenvalue weighted by atomic mass is 32.2. The second kappa shape index (κ2) is 7.54. The molecule has 0 heterocycles. The molecule has 1 aliphatic carbocycles. The highest BCUT2D eigenvalue weighted by molar-refractivity contribution is 7.92. The van der Waals surface area contributed by atoms with Crippen molar-refractivity contribution in [1.82, 2.24) is 5.32 Å². The third-order valence-corrected chi connectivity index (χ3v) is 4.29. The topological polar surface area (TPSA) is 96.5 Å². The van der Waals surface area contributed by atoms with Gasteiger partial charge in [0, 0.05) is 17.8 Å². The van der Waals surface area contributed by atoms with E-state index in [1.54, 1.807) is 18.2 Å². The largest absolute Gasteiger partial charge is 0.494 e. The molecule has 3 N–H and O–H groups in total. The van der Waals surface area contributed by atoms with Crippen molar-refractivity contribution in [2.24, 2.45) is 0 Å². The molecule has 1 aromatic rings. The molecule has 8 heteroatoms. The number of carbonyl (C=O) groups is 1. The minimum Gasteiger partial charge on any atom is -0.494 e. The fourth-order valence-electron chi connectivity index (χ4n) is 2.65. The van der Waals surface area contributed by atoms with Crippen LogP contribution in [0.15, 0.2) is 18.2 Å². The Morgan fingerprint density at radius 2 is 1.91 bits per heavy atom. The standard InChI is InChI=1S/C15H23N3O4S/c1-22-14-10-12(8-9-13(14)18-23(2,20)21)17-15(19)16-11-6-4-3-5-7-11/h8-11,18H,3-7H2,1-2H3,(H2,16,17,19). The zero-order valence-corrected chi connectivity index (χ0v) is 14.2. The van der Waals surface area contributed by atoms with E-state index in [-0.39, 0.29) is 12.1 Å².